The zero-order valence-electron chi connectivity index (χ0n) is 15.4. The monoisotopic (exact) mass is 432 g/mol. The second-order valence-corrected chi connectivity index (χ2v) is 6.72. The van der Waals surface area contributed by atoms with E-state index in [1.807, 2.05) is 11.8 Å². The van der Waals surface area contributed by atoms with Gasteiger partial charge >= 0.3 is 5.97 Å². The van der Waals surface area contributed by atoms with Gasteiger partial charge in [0.1, 0.15) is 11.6 Å². The molecule has 1 aliphatic rings. The highest BCUT2D eigenvalue weighted by atomic mass is 35.5. The molecule has 0 amide bonds. The number of piperazine rings is 1. The molecule has 0 aliphatic carbocycles. The summed E-state index contributed by atoms with van der Waals surface area (Å²) in [6.07, 6.45) is 0. The molecule has 1 N–H and O–H groups in total. The number of hydrogen-bond donors (Lipinski definition) is 1. The molecule has 2 aromatic carbocycles. The predicted molar refractivity (Wildman–Crippen MR) is 109 cm³/mol. The van der Waals surface area contributed by atoms with Crippen molar-refractivity contribution in [1.29, 1.82) is 0 Å². The van der Waals surface area contributed by atoms with Gasteiger partial charge in [0.15, 0.2) is 0 Å². The topological polar surface area (TPSA) is 43.8 Å². The smallest absolute Gasteiger partial charge is 0.317 e. The highest BCUT2D eigenvalue weighted by Gasteiger charge is 2.31. The van der Waals surface area contributed by atoms with Crippen LogP contribution in [0.5, 0.6) is 0 Å². The summed E-state index contributed by atoms with van der Waals surface area (Å²) >= 11 is 0. The number of aliphatic carboxylic acids is 1. The van der Waals surface area contributed by atoms with E-state index in [-0.39, 0.29) is 55.1 Å². The van der Waals surface area contributed by atoms with E-state index >= 15 is 0 Å². The summed E-state index contributed by atoms with van der Waals surface area (Å²) in [5.74, 6) is -1.43. The quantitative estimate of drug-likeness (QED) is 0.775. The third kappa shape index (κ3) is 5.88. The summed E-state index contributed by atoms with van der Waals surface area (Å²) in [7, 11) is 0. The van der Waals surface area contributed by atoms with E-state index in [1.54, 1.807) is 24.3 Å². The Hall–Kier alpha value is -1.73. The van der Waals surface area contributed by atoms with Crippen molar-refractivity contribution in [2.75, 3.05) is 26.2 Å². The highest BCUT2D eigenvalue weighted by molar-refractivity contribution is 5.85. The Kier molecular flexibility index (Phi) is 9.30. The van der Waals surface area contributed by atoms with Crippen LogP contribution in [0.3, 0.4) is 0 Å². The van der Waals surface area contributed by atoms with Crippen LogP contribution < -0.4 is 0 Å². The molecule has 1 unspecified atom stereocenters. The van der Waals surface area contributed by atoms with Gasteiger partial charge in [0.25, 0.3) is 0 Å². The molecule has 1 heterocycles. The molecule has 1 saturated heterocycles. The normalized spacial score (nSPS) is 17.6. The van der Waals surface area contributed by atoms with Crippen LogP contribution in [0.15, 0.2) is 48.5 Å². The molecule has 1 aliphatic heterocycles. The van der Waals surface area contributed by atoms with Gasteiger partial charge in [-0.25, -0.2) is 8.78 Å². The Morgan fingerprint density at radius 2 is 1.46 bits per heavy atom. The van der Waals surface area contributed by atoms with Crippen LogP contribution in [-0.2, 0) is 4.79 Å². The Bertz CT molecular complexity index is 714. The number of rotatable bonds is 5. The van der Waals surface area contributed by atoms with Crippen LogP contribution in [-0.4, -0.2) is 53.1 Å². The van der Waals surface area contributed by atoms with E-state index in [0.717, 1.165) is 11.1 Å². The molecule has 1 fully saturated rings. The molecule has 154 valence electrons. The van der Waals surface area contributed by atoms with Gasteiger partial charge in [0, 0.05) is 25.7 Å². The fourth-order valence-electron chi connectivity index (χ4n) is 3.63. The zero-order chi connectivity index (χ0) is 18.7. The van der Waals surface area contributed by atoms with Gasteiger partial charge in [0.05, 0.1) is 12.6 Å². The summed E-state index contributed by atoms with van der Waals surface area (Å²) in [5, 5.41) is 9.01. The molecule has 2 aromatic rings. The molecule has 0 radical (unpaired) electrons. The molecule has 0 saturated carbocycles. The third-order valence-corrected chi connectivity index (χ3v) is 4.83. The van der Waals surface area contributed by atoms with Crippen LogP contribution >= 0.6 is 24.8 Å². The fraction of sp³-hybridized carbons (Fsp3) is 0.350. The molecule has 3 rings (SSSR count). The van der Waals surface area contributed by atoms with Gasteiger partial charge in [-0.05, 0) is 42.3 Å². The summed E-state index contributed by atoms with van der Waals surface area (Å²) in [4.78, 5) is 15.1. The maximum Gasteiger partial charge on any atom is 0.317 e. The van der Waals surface area contributed by atoms with Crippen LogP contribution in [0, 0.1) is 11.6 Å². The fourth-order valence-corrected chi connectivity index (χ4v) is 3.63. The Morgan fingerprint density at radius 1 is 1.00 bits per heavy atom. The van der Waals surface area contributed by atoms with Gasteiger partial charge in [-0.1, -0.05) is 24.3 Å². The van der Waals surface area contributed by atoms with Crippen molar-refractivity contribution in [3.8, 4) is 0 Å². The second kappa shape index (κ2) is 10.7. The lowest BCUT2D eigenvalue weighted by molar-refractivity contribution is -0.139. The van der Waals surface area contributed by atoms with E-state index in [9.17, 15) is 13.6 Å². The van der Waals surface area contributed by atoms with Crippen LogP contribution in [0.4, 0.5) is 8.78 Å². The van der Waals surface area contributed by atoms with Crippen molar-refractivity contribution in [2.24, 2.45) is 0 Å². The van der Waals surface area contributed by atoms with Gasteiger partial charge in [-0.2, -0.15) is 0 Å². The second-order valence-electron chi connectivity index (χ2n) is 6.72. The van der Waals surface area contributed by atoms with E-state index in [4.69, 9.17) is 5.11 Å². The Labute approximate surface area is 176 Å². The molecule has 4 nitrogen and oxygen atoms in total. The molecular weight excluding hydrogens is 409 g/mol. The molecule has 0 spiro atoms. The predicted octanol–water partition coefficient (Wildman–Crippen LogP) is 3.99. The largest absolute Gasteiger partial charge is 0.480 e. The maximum atomic E-state index is 13.4. The van der Waals surface area contributed by atoms with Crippen molar-refractivity contribution >= 4 is 30.8 Å². The van der Waals surface area contributed by atoms with E-state index in [2.05, 4.69) is 4.90 Å². The Morgan fingerprint density at radius 3 is 1.86 bits per heavy atom. The van der Waals surface area contributed by atoms with Gasteiger partial charge in [0.2, 0.25) is 0 Å². The first-order chi connectivity index (χ1) is 12.4. The van der Waals surface area contributed by atoms with Crippen molar-refractivity contribution in [2.45, 2.75) is 19.0 Å². The minimum atomic E-state index is -0.834. The number of hydrogen-bond acceptors (Lipinski definition) is 3. The molecule has 0 aromatic heterocycles. The molecule has 8 heteroatoms. The Balaban J connectivity index is 0.00000196. The number of carboxylic acid groups (broad SMARTS) is 1. The van der Waals surface area contributed by atoms with E-state index in [1.165, 1.54) is 24.3 Å². The average Bonchev–Trinajstić information content (AvgIpc) is 2.59. The van der Waals surface area contributed by atoms with Crippen LogP contribution in [0.1, 0.15) is 24.1 Å². The summed E-state index contributed by atoms with van der Waals surface area (Å²) in [5.41, 5.74) is 1.85. The lowest BCUT2D eigenvalue weighted by Crippen LogP contribution is -2.54. The first-order valence-electron chi connectivity index (χ1n) is 8.65. The van der Waals surface area contributed by atoms with Crippen LogP contribution in [0.2, 0.25) is 0 Å². The highest BCUT2D eigenvalue weighted by Crippen LogP contribution is 2.32. The van der Waals surface area contributed by atoms with Crippen molar-refractivity contribution in [1.82, 2.24) is 9.80 Å². The van der Waals surface area contributed by atoms with Crippen molar-refractivity contribution in [3.05, 3.63) is 71.3 Å². The van der Waals surface area contributed by atoms with Gasteiger partial charge < -0.3 is 5.11 Å². The minimum absolute atomic E-state index is 0. The SMILES string of the molecule is CC1CN(CC(=O)O)CCN1C(c1ccc(F)cc1)c1ccc(F)cc1.Cl.Cl. The van der Waals surface area contributed by atoms with E-state index in [0.29, 0.717) is 19.6 Å². The van der Waals surface area contributed by atoms with Crippen molar-refractivity contribution in [3.63, 3.8) is 0 Å². The van der Waals surface area contributed by atoms with Crippen LogP contribution in [0.25, 0.3) is 0 Å². The number of carbonyl (C=O) groups is 1. The number of carboxylic acids is 1. The lowest BCUT2D eigenvalue weighted by Gasteiger charge is -2.44. The number of halogens is 4. The van der Waals surface area contributed by atoms with Crippen molar-refractivity contribution < 1.29 is 18.7 Å². The first-order valence-corrected chi connectivity index (χ1v) is 8.65. The minimum Gasteiger partial charge on any atom is -0.480 e. The molecule has 1 atom stereocenters. The first kappa shape index (κ1) is 24.3. The summed E-state index contributed by atoms with van der Waals surface area (Å²) in [6, 6.07) is 12.7. The molecular formula is C20H24Cl2F2N2O2. The van der Waals surface area contributed by atoms with Gasteiger partial charge in [-0.15, -0.1) is 24.8 Å². The summed E-state index contributed by atoms with van der Waals surface area (Å²) < 4.78 is 26.7. The molecule has 0 bridgehead atoms. The molecule has 28 heavy (non-hydrogen) atoms. The maximum absolute atomic E-state index is 13.4. The standard InChI is InChI=1S/C20H22F2N2O2.2ClH/c1-14-12-23(13-19(25)26)10-11-24(14)20(15-2-6-17(21)7-3-15)16-4-8-18(22)9-5-16;;/h2-9,14,20H,10-13H2,1H3,(H,25,26);2*1H. The summed E-state index contributed by atoms with van der Waals surface area (Å²) in [6.45, 7) is 4.01. The van der Waals surface area contributed by atoms with Gasteiger partial charge in [-0.3, -0.25) is 14.6 Å². The third-order valence-electron chi connectivity index (χ3n) is 4.83. The lowest BCUT2D eigenvalue weighted by atomic mass is 9.94. The average molecular weight is 433 g/mol. The number of nitrogens with zero attached hydrogens (tertiary/aromatic N) is 2. The van der Waals surface area contributed by atoms with E-state index < -0.39 is 5.97 Å². The number of benzene rings is 2. The zero-order valence-corrected chi connectivity index (χ0v) is 17.1.